The van der Waals surface area contributed by atoms with E-state index in [0.29, 0.717) is 12.3 Å². The molecule has 0 radical (unpaired) electrons. The van der Waals surface area contributed by atoms with E-state index in [-0.39, 0.29) is 5.91 Å². The van der Waals surface area contributed by atoms with Crippen LogP contribution < -0.4 is 0 Å². The normalized spacial score (nSPS) is 12.0. The molecule has 0 saturated carbocycles. The zero-order chi connectivity index (χ0) is 14.4. The third-order valence-electron chi connectivity index (χ3n) is 3.19. The minimum Gasteiger partial charge on any atom is -0.326 e. The Bertz CT molecular complexity index is 457. The molecule has 0 fully saturated rings. The first-order valence-corrected chi connectivity index (χ1v) is 6.73. The third-order valence-corrected chi connectivity index (χ3v) is 3.19. The van der Waals surface area contributed by atoms with Crippen molar-refractivity contribution in [3.05, 3.63) is 35.4 Å². The molecular formula is C16H22N2O. The number of hydrogen-bond donors (Lipinski definition) is 0. The molecule has 0 bridgehead atoms. The maximum atomic E-state index is 12.0. The van der Waals surface area contributed by atoms with Crippen LogP contribution in [-0.2, 0) is 11.2 Å². The quantitative estimate of drug-likeness (QED) is 0.813. The van der Waals surface area contributed by atoms with Gasteiger partial charge in [0.15, 0.2) is 0 Å². The minimum absolute atomic E-state index is 0.0149. The Morgan fingerprint density at radius 2 is 1.89 bits per heavy atom. The fourth-order valence-electron chi connectivity index (χ4n) is 1.96. The molecule has 0 N–H and O–H groups in total. The SMILES string of the molecule is CCc1ccc(C(C#N)N(C)C(=O)CC(C)C)cc1. The van der Waals surface area contributed by atoms with Crippen molar-refractivity contribution in [2.45, 2.75) is 39.7 Å². The van der Waals surface area contributed by atoms with Gasteiger partial charge in [0.05, 0.1) is 6.07 Å². The first kappa shape index (κ1) is 15.2. The molecule has 1 unspecified atom stereocenters. The molecule has 1 rings (SSSR count). The zero-order valence-corrected chi connectivity index (χ0v) is 12.2. The van der Waals surface area contributed by atoms with E-state index in [1.807, 2.05) is 38.1 Å². The summed E-state index contributed by atoms with van der Waals surface area (Å²) >= 11 is 0. The lowest BCUT2D eigenvalue weighted by Crippen LogP contribution is -2.31. The molecule has 1 aromatic rings. The minimum atomic E-state index is -0.503. The Balaban J connectivity index is 2.87. The van der Waals surface area contributed by atoms with Gasteiger partial charge in [0.1, 0.15) is 6.04 Å². The Morgan fingerprint density at radius 3 is 2.32 bits per heavy atom. The summed E-state index contributed by atoms with van der Waals surface area (Å²) in [5, 5.41) is 9.32. The van der Waals surface area contributed by atoms with Crippen LogP contribution in [0.2, 0.25) is 0 Å². The molecule has 102 valence electrons. The predicted molar refractivity (Wildman–Crippen MR) is 76.4 cm³/mol. The Kier molecular flexibility index (Phi) is 5.57. The number of nitriles is 1. The summed E-state index contributed by atoms with van der Waals surface area (Å²) in [7, 11) is 1.70. The molecule has 0 aliphatic rings. The van der Waals surface area contributed by atoms with Crippen LogP contribution >= 0.6 is 0 Å². The Labute approximate surface area is 115 Å². The molecule has 0 saturated heterocycles. The second-order valence-electron chi connectivity index (χ2n) is 5.23. The maximum Gasteiger partial charge on any atom is 0.223 e. The number of rotatable bonds is 5. The van der Waals surface area contributed by atoms with E-state index < -0.39 is 6.04 Å². The van der Waals surface area contributed by atoms with Crippen LogP contribution in [0.4, 0.5) is 0 Å². The molecule has 3 heteroatoms. The van der Waals surface area contributed by atoms with E-state index >= 15 is 0 Å². The molecule has 0 aliphatic carbocycles. The smallest absolute Gasteiger partial charge is 0.223 e. The van der Waals surface area contributed by atoms with Crippen molar-refractivity contribution in [1.82, 2.24) is 4.90 Å². The molecule has 3 nitrogen and oxygen atoms in total. The van der Waals surface area contributed by atoms with Crippen molar-refractivity contribution >= 4 is 5.91 Å². The summed E-state index contributed by atoms with van der Waals surface area (Å²) < 4.78 is 0. The summed E-state index contributed by atoms with van der Waals surface area (Å²) in [6.45, 7) is 6.10. The van der Waals surface area contributed by atoms with Crippen molar-refractivity contribution in [2.24, 2.45) is 5.92 Å². The van der Waals surface area contributed by atoms with E-state index in [1.165, 1.54) is 5.56 Å². The molecule has 0 aliphatic heterocycles. The number of hydrogen-bond acceptors (Lipinski definition) is 2. The van der Waals surface area contributed by atoms with E-state index in [0.717, 1.165) is 12.0 Å². The molecular weight excluding hydrogens is 236 g/mol. The van der Waals surface area contributed by atoms with Crippen LogP contribution in [0.1, 0.15) is 44.4 Å². The van der Waals surface area contributed by atoms with Crippen LogP contribution in [-0.4, -0.2) is 17.9 Å². The predicted octanol–water partition coefficient (Wildman–Crippen LogP) is 3.32. The fourth-order valence-corrected chi connectivity index (χ4v) is 1.96. The lowest BCUT2D eigenvalue weighted by Gasteiger charge is -2.24. The van der Waals surface area contributed by atoms with E-state index in [4.69, 9.17) is 0 Å². The van der Waals surface area contributed by atoms with Gasteiger partial charge in [-0.1, -0.05) is 45.0 Å². The standard InChI is InChI=1S/C16H22N2O/c1-5-13-6-8-14(9-7-13)15(11-17)18(4)16(19)10-12(2)3/h6-9,12,15H,5,10H2,1-4H3. The number of amides is 1. The average Bonchev–Trinajstić information content (AvgIpc) is 2.39. The summed E-state index contributed by atoms with van der Waals surface area (Å²) in [5.74, 6) is 0.317. The summed E-state index contributed by atoms with van der Waals surface area (Å²) in [6.07, 6.45) is 1.45. The maximum absolute atomic E-state index is 12.0. The lowest BCUT2D eigenvalue weighted by atomic mass is 10.0. The number of benzene rings is 1. The highest BCUT2D eigenvalue weighted by Crippen LogP contribution is 2.21. The highest BCUT2D eigenvalue weighted by molar-refractivity contribution is 5.77. The fraction of sp³-hybridized carbons (Fsp3) is 0.500. The molecule has 0 heterocycles. The van der Waals surface area contributed by atoms with Gasteiger partial charge in [-0.25, -0.2) is 0 Å². The van der Waals surface area contributed by atoms with Gasteiger partial charge in [0.25, 0.3) is 0 Å². The number of aryl methyl sites for hydroxylation is 1. The van der Waals surface area contributed by atoms with Crippen molar-refractivity contribution in [2.75, 3.05) is 7.05 Å². The van der Waals surface area contributed by atoms with E-state index in [1.54, 1.807) is 11.9 Å². The summed E-state index contributed by atoms with van der Waals surface area (Å²) in [4.78, 5) is 13.6. The van der Waals surface area contributed by atoms with E-state index in [9.17, 15) is 10.1 Å². The van der Waals surface area contributed by atoms with Gasteiger partial charge in [-0.2, -0.15) is 5.26 Å². The van der Waals surface area contributed by atoms with Crippen molar-refractivity contribution in [3.63, 3.8) is 0 Å². The molecule has 1 aromatic carbocycles. The largest absolute Gasteiger partial charge is 0.326 e. The molecule has 0 aromatic heterocycles. The summed E-state index contributed by atoms with van der Waals surface area (Å²) in [5.41, 5.74) is 2.11. The second kappa shape index (κ2) is 6.94. The van der Waals surface area contributed by atoms with Crippen molar-refractivity contribution in [3.8, 4) is 6.07 Å². The molecule has 1 atom stereocenters. The van der Waals surface area contributed by atoms with Crippen LogP contribution in [0.5, 0.6) is 0 Å². The van der Waals surface area contributed by atoms with Gasteiger partial charge in [0.2, 0.25) is 5.91 Å². The number of carbonyl (C=O) groups excluding carboxylic acids is 1. The highest BCUT2D eigenvalue weighted by atomic mass is 16.2. The topological polar surface area (TPSA) is 44.1 Å². The zero-order valence-electron chi connectivity index (χ0n) is 12.2. The van der Waals surface area contributed by atoms with Gasteiger partial charge in [-0.05, 0) is 23.5 Å². The molecule has 19 heavy (non-hydrogen) atoms. The molecule has 1 amide bonds. The first-order chi connectivity index (χ1) is 8.99. The first-order valence-electron chi connectivity index (χ1n) is 6.73. The van der Waals surface area contributed by atoms with Crippen LogP contribution in [0.25, 0.3) is 0 Å². The summed E-state index contributed by atoms with van der Waals surface area (Å²) in [6, 6.07) is 9.61. The Morgan fingerprint density at radius 1 is 1.32 bits per heavy atom. The van der Waals surface area contributed by atoms with Crippen LogP contribution in [0, 0.1) is 17.2 Å². The van der Waals surface area contributed by atoms with E-state index in [2.05, 4.69) is 13.0 Å². The van der Waals surface area contributed by atoms with Crippen LogP contribution in [0.15, 0.2) is 24.3 Å². The van der Waals surface area contributed by atoms with Crippen molar-refractivity contribution < 1.29 is 4.79 Å². The van der Waals surface area contributed by atoms with Gasteiger partial charge in [-0.3, -0.25) is 4.79 Å². The average molecular weight is 258 g/mol. The molecule has 0 spiro atoms. The highest BCUT2D eigenvalue weighted by Gasteiger charge is 2.21. The number of nitrogens with zero attached hydrogens (tertiary/aromatic N) is 2. The van der Waals surface area contributed by atoms with Gasteiger partial charge >= 0.3 is 0 Å². The lowest BCUT2D eigenvalue weighted by molar-refractivity contribution is -0.131. The Hall–Kier alpha value is -1.82. The monoisotopic (exact) mass is 258 g/mol. The van der Waals surface area contributed by atoms with Gasteiger partial charge in [-0.15, -0.1) is 0 Å². The number of carbonyl (C=O) groups is 1. The second-order valence-corrected chi connectivity index (χ2v) is 5.23. The van der Waals surface area contributed by atoms with Gasteiger partial charge in [0, 0.05) is 13.5 Å². The van der Waals surface area contributed by atoms with Crippen molar-refractivity contribution in [1.29, 1.82) is 5.26 Å². The van der Waals surface area contributed by atoms with Gasteiger partial charge < -0.3 is 4.90 Å². The third kappa shape index (κ3) is 4.10. The van der Waals surface area contributed by atoms with Crippen LogP contribution in [0.3, 0.4) is 0 Å².